The van der Waals surface area contributed by atoms with Gasteiger partial charge in [0.1, 0.15) is 5.56 Å². The summed E-state index contributed by atoms with van der Waals surface area (Å²) in [6, 6.07) is 0.795. The number of nitrogens with zero attached hydrogens (tertiary/aromatic N) is 1. The largest absolute Gasteiger partial charge is 0.347 e. The van der Waals surface area contributed by atoms with Crippen LogP contribution in [0.5, 0.6) is 0 Å². The van der Waals surface area contributed by atoms with Crippen LogP contribution in [0.15, 0.2) is 12.1 Å². The third-order valence-electron chi connectivity index (χ3n) is 2.60. The average molecular weight is 257 g/mol. The highest BCUT2D eigenvalue weighted by molar-refractivity contribution is 5.98. The molecule has 1 aromatic rings. The molecule has 96 valence electrons. The van der Waals surface area contributed by atoms with E-state index in [1.165, 1.54) is 0 Å². The smallest absolute Gasteiger partial charge is 0.285 e. The molecule has 2 rings (SSSR count). The van der Waals surface area contributed by atoms with Gasteiger partial charge < -0.3 is 10.6 Å². The zero-order valence-electron chi connectivity index (χ0n) is 9.07. The number of nitrogens with one attached hydrogen (secondary N) is 2. The van der Waals surface area contributed by atoms with Gasteiger partial charge in [0.15, 0.2) is 11.6 Å². The van der Waals surface area contributed by atoms with E-state index in [4.69, 9.17) is 0 Å². The van der Waals surface area contributed by atoms with E-state index in [1.807, 2.05) is 0 Å². The second kappa shape index (κ2) is 4.65. The number of carbonyl (C=O) groups is 1. The molecule has 0 radical (unpaired) electrons. The lowest BCUT2D eigenvalue weighted by atomic mass is 10.1. The third-order valence-corrected chi connectivity index (χ3v) is 2.60. The first kappa shape index (κ1) is 12.4. The highest BCUT2D eigenvalue weighted by atomic mass is 19.2. The SMILES string of the molecule is O=C(NC1CNC1)c1cc(F)c(F)cc1[N+](=O)[O-]. The predicted octanol–water partition coefficient (Wildman–Crippen LogP) is 0.575. The molecule has 8 heteroatoms. The van der Waals surface area contributed by atoms with Gasteiger partial charge in [0.2, 0.25) is 0 Å². The van der Waals surface area contributed by atoms with Crippen molar-refractivity contribution in [3.05, 3.63) is 39.4 Å². The molecule has 1 fully saturated rings. The lowest BCUT2D eigenvalue weighted by Gasteiger charge is -2.27. The molecule has 0 bridgehead atoms. The van der Waals surface area contributed by atoms with Crippen LogP contribution in [0.1, 0.15) is 10.4 Å². The molecule has 1 aromatic carbocycles. The Morgan fingerprint density at radius 1 is 1.39 bits per heavy atom. The summed E-state index contributed by atoms with van der Waals surface area (Å²) in [5.74, 6) is -3.44. The quantitative estimate of drug-likeness (QED) is 0.612. The predicted molar refractivity (Wildman–Crippen MR) is 57.1 cm³/mol. The van der Waals surface area contributed by atoms with E-state index in [0.717, 1.165) is 0 Å². The Labute approximate surface area is 100 Å². The molecule has 1 saturated heterocycles. The Balaban J connectivity index is 2.32. The van der Waals surface area contributed by atoms with E-state index in [-0.39, 0.29) is 6.04 Å². The molecule has 0 unspecified atom stereocenters. The fourth-order valence-electron chi connectivity index (χ4n) is 1.52. The third kappa shape index (κ3) is 2.28. The van der Waals surface area contributed by atoms with Crippen molar-refractivity contribution in [3.63, 3.8) is 0 Å². The summed E-state index contributed by atoms with van der Waals surface area (Å²) >= 11 is 0. The summed E-state index contributed by atoms with van der Waals surface area (Å²) in [7, 11) is 0. The van der Waals surface area contributed by atoms with Gasteiger partial charge in [-0.2, -0.15) is 0 Å². The van der Waals surface area contributed by atoms with Gasteiger partial charge in [0, 0.05) is 13.1 Å². The van der Waals surface area contributed by atoms with E-state index in [1.54, 1.807) is 0 Å². The first-order valence-electron chi connectivity index (χ1n) is 5.14. The van der Waals surface area contributed by atoms with Crippen LogP contribution in [0.25, 0.3) is 0 Å². The Bertz CT molecular complexity index is 517. The number of nitro groups is 1. The number of halogens is 2. The van der Waals surface area contributed by atoms with Crippen molar-refractivity contribution in [2.75, 3.05) is 13.1 Å². The van der Waals surface area contributed by atoms with E-state index in [9.17, 15) is 23.7 Å². The number of carbonyl (C=O) groups excluding carboxylic acids is 1. The molecule has 6 nitrogen and oxygen atoms in total. The summed E-state index contributed by atoms with van der Waals surface area (Å²) in [6.45, 7) is 1.09. The van der Waals surface area contributed by atoms with Crippen molar-refractivity contribution >= 4 is 11.6 Å². The Morgan fingerprint density at radius 2 is 2.00 bits per heavy atom. The summed E-state index contributed by atoms with van der Waals surface area (Å²) in [6.07, 6.45) is 0. The average Bonchev–Trinajstić information content (AvgIpc) is 2.26. The minimum absolute atomic E-state index is 0.148. The van der Waals surface area contributed by atoms with Crippen LogP contribution >= 0.6 is 0 Å². The summed E-state index contributed by atoms with van der Waals surface area (Å²) in [5.41, 5.74) is -1.23. The molecule has 0 spiro atoms. The number of amides is 1. The van der Waals surface area contributed by atoms with Crippen LogP contribution in [-0.4, -0.2) is 30.0 Å². The molecule has 1 amide bonds. The van der Waals surface area contributed by atoms with Crippen molar-refractivity contribution < 1.29 is 18.5 Å². The van der Waals surface area contributed by atoms with Gasteiger partial charge in [0.25, 0.3) is 11.6 Å². The summed E-state index contributed by atoms with van der Waals surface area (Å²) in [4.78, 5) is 21.5. The molecule has 0 saturated carbocycles. The van der Waals surface area contributed by atoms with Crippen molar-refractivity contribution in [1.29, 1.82) is 0 Å². The van der Waals surface area contributed by atoms with Crippen LogP contribution in [0.3, 0.4) is 0 Å². The van der Waals surface area contributed by atoms with Gasteiger partial charge in [-0.3, -0.25) is 14.9 Å². The van der Waals surface area contributed by atoms with Gasteiger partial charge in [-0.25, -0.2) is 8.78 Å². The molecule has 0 aliphatic carbocycles. The number of benzene rings is 1. The Kier molecular flexibility index (Phi) is 3.19. The molecular weight excluding hydrogens is 248 g/mol. The fraction of sp³-hybridized carbons (Fsp3) is 0.300. The normalized spacial score (nSPS) is 15.0. The second-order valence-electron chi connectivity index (χ2n) is 3.87. The van der Waals surface area contributed by atoms with Gasteiger partial charge in [-0.05, 0) is 6.07 Å². The molecule has 1 aliphatic rings. The van der Waals surface area contributed by atoms with Crippen molar-refractivity contribution in [2.24, 2.45) is 0 Å². The standard InChI is InChI=1S/C10H9F2N3O3/c11-7-1-6(9(15(17)18)2-8(7)12)10(16)14-5-3-13-4-5/h1-2,5,13H,3-4H2,(H,14,16). The van der Waals surface area contributed by atoms with Gasteiger partial charge in [-0.1, -0.05) is 0 Å². The maximum absolute atomic E-state index is 13.0. The molecular formula is C10H9F2N3O3. The zero-order chi connectivity index (χ0) is 13.3. The van der Waals surface area contributed by atoms with Crippen LogP contribution in [0.2, 0.25) is 0 Å². The van der Waals surface area contributed by atoms with E-state index < -0.39 is 33.7 Å². The minimum atomic E-state index is -1.36. The number of hydrogen-bond donors (Lipinski definition) is 2. The molecule has 0 atom stereocenters. The Hall–Kier alpha value is -2.09. The fourth-order valence-corrected chi connectivity index (χ4v) is 1.52. The van der Waals surface area contributed by atoms with Crippen molar-refractivity contribution in [3.8, 4) is 0 Å². The highest BCUT2D eigenvalue weighted by Gasteiger charge is 2.27. The van der Waals surface area contributed by atoms with E-state index >= 15 is 0 Å². The molecule has 0 aromatic heterocycles. The van der Waals surface area contributed by atoms with Crippen molar-refractivity contribution in [1.82, 2.24) is 10.6 Å². The van der Waals surface area contributed by atoms with Gasteiger partial charge in [0.05, 0.1) is 17.0 Å². The van der Waals surface area contributed by atoms with Crippen LogP contribution in [0.4, 0.5) is 14.5 Å². The zero-order valence-corrected chi connectivity index (χ0v) is 9.07. The first-order valence-corrected chi connectivity index (χ1v) is 5.14. The maximum Gasteiger partial charge on any atom is 0.285 e. The van der Waals surface area contributed by atoms with E-state index in [2.05, 4.69) is 10.6 Å². The monoisotopic (exact) mass is 257 g/mol. The lowest BCUT2D eigenvalue weighted by Crippen LogP contribution is -2.57. The van der Waals surface area contributed by atoms with Crippen LogP contribution in [0, 0.1) is 21.7 Å². The van der Waals surface area contributed by atoms with Crippen LogP contribution in [-0.2, 0) is 0 Å². The van der Waals surface area contributed by atoms with Gasteiger partial charge >= 0.3 is 0 Å². The molecule has 1 heterocycles. The lowest BCUT2D eigenvalue weighted by molar-refractivity contribution is -0.385. The maximum atomic E-state index is 13.0. The molecule has 2 N–H and O–H groups in total. The number of rotatable bonds is 3. The molecule has 1 aliphatic heterocycles. The molecule has 18 heavy (non-hydrogen) atoms. The summed E-state index contributed by atoms with van der Waals surface area (Å²) < 4.78 is 25.9. The van der Waals surface area contributed by atoms with Crippen molar-refractivity contribution in [2.45, 2.75) is 6.04 Å². The Morgan fingerprint density at radius 3 is 2.50 bits per heavy atom. The van der Waals surface area contributed by atoms with E-state index in [0.29, 0.717) is 25.2 Å². The number of hydrogen-bond acceptors (Lipinski definition) is 4. The first-order chi connectivity index (χ1) is 8.49. The highest BCUT2D eigenvalue weighted by Crippen LogP contribution is 2.22. The summed E-state index contributed by atoms with van der Waals surface area (Å²) in [5, 5.41) is 16.1. The second-order valence-corrected chi connectivity index (χ2v) is 3.87. The van der Waals surface area contributed by atoms with Gasteiger partial charge in [-0.15, -0.1) is 0 Å². The minimum Gasteiger partial charge on any atom is -0.347 e. The topological polar surface area (TPSA) is 84.3 Å². The van der Waals surface area contributed by atoms with Crippen LogP contribution < -0.4 is 10.6 Å². The number of nitro benzene ring substituents is 1.